The van der Waals surface area contributed by atoms with Crippen LogP contribution in [0.4, 0.5) is 4.39 Å². The molecule has 1 saturated heterocycles. The number of nitrogens with zero attached hydrogens (tertiary/aromatic N) is 6. The van der Waals surface area contributed by atoms with Gasteiger partial charge in [-0.3, -0.25) is 0 Å². The molecule has 0 N–H and O–H groups in total. The average Bonchev–Trinajstić information content (AvgIpc) is 3.75. The highest BCUT2D eigenvalue weighted by Crippen LogP contribution is 2.60. The van der Waals surface area contributed by atoms with E-state index in [-0.39, 0.29) is 16.8 Å². The molecule has 0 radical (unpaired) electrons. The number of fused-ring (bicyclic) bond motifs is 2. The van der Waals surface area contributed by atoms with E-state index < -0.39 is 21.0 Å². The quantitative estimate of drug-likeness (QED) is 0.291. The van der Waals surface area contributed by atoms with Gasteiger partial charge in [0.05, 0.1) is 29.2 Å². The number of aromatic nitrogens is 5. The lowest BCUT2D eigenvalue weighted by molar-refractivity contribution is -0.0183. The summed E-state index contributed by atoms with van der Waals surface area (Å²) in [6, 6.07) is 20.7. The highest BCUT2D eigenvalue weighted by molar-refractivity contribution is 7.89. The van der Waals surface area contributed by atoms with Crippen LogP contribution in [-0.4, -0.2) is 57.7 Å². The molecular formula is C31H31FN6O3S. The zero-order valence-electron chi connectivity index (χ0n) is 23.6. The predicted octanol–water partition coefficient (Wildman–Crippen LogP) is 4.50. The lowest BCUT2D eigenvalue weighted by atomic mass is 9.72. The normalized spacial score (nSPS) is 24.4. The van der Waals surface area contributed by atoms with E-state index in [0.29, 0.717) is 25.9 Å². The summed E-state index contributed by atoms with van der Waals surface area (Å²) in [7, 11) is -0.498. The first-order chi connectivity index (χ1) is 20.1. The Morgan fingerprint density at radius 1 is 1.02 bits per heavy atom. The van der Waals surface area contributed by atoms with Crippen molar-refractivity contribution in [2.45, 2.75) is 35.8 Å². The number of benzene rings is 3. The molecule has 1 aliphatic heterocycles. The molecule has 1 aliphatic carbocycles. The van der Waals surface area contributed by atoms with Gasteiger partial charge in [0, 0.05) is 38.0 Å². The summed E-state index contributed by atoms with van der Waals surface area (Å²) < 4.78 is 50.9. The van der Waals surface area contributed by atoms with Crippen molar-refractivity contribution in [2.75, 3.05) is 20.2 Å². The fourth-order valence-corrected chi connectivity index (χ4v) is 8.71. The Labute approximate surface area is 243 Å². The number of hydrogen-bond acceptors (Lipinski definition) is 6. The maximum atomic E-state index is 13.8. The number of ether oxygens (including phenoxy) is 1. The Balaban J connectivity index is 1.36. The first-order valence-corrected chi connectivity index (χ1v) is 15.3. The molecule has 216 valence electrons. The largest absolute Gasteiger partial charge is 0.373 e. The van der Waals surface area contributed by atoms with Crippen LogP contribution in [0.5, 0.6) is 0 Å². The van der Waals surface area contributed by atoms with Gasteiger partial charge in [-0.1, -0.05) is 30.3 Å². The summed E-state index contributed by atoms with van der Waals surface area (Å²) >= 11 is 0. The zero-order valence-corrected chi connectivity index (χ0v) is 24.4. The van der Waals surface area contributed by atoms with Gasteiger partial charge >= 0.3 is 0 Å². The van der Waals surface area contributed by atoms with Gasteiger partial charge in [-0.2, -0.15) is 19.3 Å². The number of hydrogen-bond donors (Lipinski definition) is 0. The van der Waals surface area contributed by atoms with Gasteiger partial charge in [0.15, 0.2) is 0 Å². The molecule has 3 aromatic carbocycles. The third kappa shape index (κ3) is 4.02. The molecule has 0 bridgehead atoms. The molecule has 11 heteroatoms. The smallest absolute Gasteiger partial charge is 0.264 e. The molecule has 2 fully saturated rings. The molecule has 2 aliphatic rings. The van der Waals surface area contributed by atoms with Gasteiger partial charge < -0.3 is 4.74 Å². The second-order valence-corrected chi connectivity index (χ2v) is 13.4. The number of aryl methyl sites for hydroxylation is 2. The SMILES string of the molecule is CO[C@@]1(c2ccccc2)C[C@H]2CN(S(=O)(=O)c3cnn(C)n3)C[C@@]2(c2cc3cnn(-c4ccc(F)cc4)c3cc2C)C1. The van der Waals surface area contributed by atoms with Gasteiger partial charge in [-0.25, -0.2) is 17.5 Å². The van der Waals surface area contributed by atoms with Crippen molar-refractivity contribution in [3.8, 4) is 5.69 Å². The summed E-state index contributed by atoms with van der Waals surface area (Å²) in [4.78, 5) is 1.27. The van der Waals surface area contributed by atoms with Crippen LogP contribution in [0.25, 0.3) is 16.6 Å². The molecule has 3 atom stereocenters. The van der Waals surface area contributed by atoms with Crippen molar-refractivity contribution in [1.29, 1.82) is 0 Å². The number of halogens is 1. The number of rotatable bonds is 6. The third-order valence-electron chi connectivity index (χ3n) is 9.24. The Kier molecular flexibility index (Phi) is 6.12. The van der Waals surface area contributed by atoms with Crippen LogP contribution in [-0.2, 0) is 32.8 Å². The van der Waals surface area contributed by atoms with Gasteiger partial charge in [0.2, 0.25) is 5.03 Å². The van der Waals surface area contributed by atoms with E-state index in [1.54, 1.807) is 35.3 Å². The minimum absolute atomic E-state index is 0.00704. The Hall–Kier alpha value is -3.93. The maximum Gasteiger partial charge on any atom is 0.264 e. The highest BCUT2D eigenvalue weighted by atomic mass is 32.2. The van der Waals surface area contributed by atoms with Crippen molar-refractivity contribution in [3.05, 3.63) is 102 Å². The summed E-state index contributed by atoms with van der Waals surface area (Å²) in [5, 5.41) is 13.6. The Morgan fingerprint density at radius 3 is 2.48 bits per heavy atom. The summed E-state index contributed by atoms with van der Waals surface area (Å²) in [6.07, 6.45) is 4.41. The van der Waals surface area contributed by atoms with Gasteiger partial charge in [0.25, 0.3) is 10.0 Å². The van der Waals surface area contributed by atoms with E-state index >= 15 is 0 Å². The molecular weight excluding hydrogens is 555 g/mol. The standard InChI is InChI=1S/C31H31FN6O3S/c1-21-13-28-22(16-34-38(28)26-11-9-25(32)10-12-26)14-27(21)30-19-31(41-3,23-7-5-4-6-8-23)15-24(30)18-37(20-30)42(39,40)29-17-33-36(2)35-29/h4-14,16-17,24H,15,18-20H2,1-3H3/t24-,30-,31-/m0/s1. The topological polar surface area (TPSA) is 95.1 Å². The molecule has 5 aromatic rings. The van der Waals surface area contributed by atoms with E-state index in [9.17, 15) is 12.8 Å². The van der Waals surface area contributed by atoms with E-state index in [0.717, 1.165) is 33.3 Å². The summed E-state index contributed by atoms with van der Waals surface area (Å²) in [5.74, 6) is -0.310. The summed E-state index contributed by atoms with van der Waals surface area (Å²) in [6.45, 7) is 2.72. The molecule has 0 amide bonds. The minimum atomic E-state index is -3.85. The van der Waals surface area contributed by atoms with Crippen molar-refractivity contribution in [2.24, 2.45) is 13.0 Å². The van der Waals surface area contributed by atoms with Gasteiger partial charge in [-0.15, -0.1) is 5.10 Å². The first kappa shape index (κ1) is 26.9. The molecule has 42 heavy (non-hydrogen) atoms. The lowest BCUT2D eigenvalue weighted by Crippen LogP contribution is -2.38. The van der Waals surface area contributed by atoms with E-state index in [4.69, 9.17) is 4.74 Å². The van der Waals surface area contributed by atoms with Crippen molar-refractivity contribution in [3.63, 3.8) is 0 Å². The average molecular weight is 587 g/mol. The monoisotopic (exact) mass is 586 g/mol. The molecule has 3 heterocycles. The third-order valence-corrected chi connectivity index (χ3v) is 10.9. The molecule has 0 spiro atoms. The second kappa shape index (κ2) is 9.55. The van der Waals surface area contributed by atoms with Crippen molar-refractivity contribution < 1.29 is 17.5 Å². The number of methoxy groups -OCH3 is 1. The molecule has 9 nitrogen and oxygen atoms in total. The maximum absolute atomic E-state index is 13.8. The van der Waals surface area contributed by atoms with Crippen molar-refractivity contribution in [1.82, 2.24) is 29.1 Å². The predicted molar refractivity (Wildman–Crippen MR) is 155 cm³/mol. The van der Waals surface area contributed by atoms with Crippen LogP contribution in [0.3, 0.4) is 0 Å². The van der Waals surface area contributed by atoms with Crippen LogP contribution >= 0.6 is 0 Å². The van der Waals surface area contributed by atoms with E-state index in [1.807, 2.05) is 24.4 Å². The van der Waals surface area contributed by atoms with E-state index in [1.165, 1.54) is 23.1 Å². The fraction of sp³-hybridized carbons (Fsp3) is 0.323. The Bertz CT molecular complexity index is 1910. The second-order valence-electron chi connectivity index (χ2n) is 11.5. The Morgan fingerprint density at radius 2 is 1.79 bits per heavy atom. The van der Waals surface area contributed by atoms with Gasteiger partial charge in [0.1, 0.15) is 5.82 Å². The fourth-order valence-electron chi connectivity index (χ4n) is 7.27. The van der Waals surface area contributed by atoms with Crippen LogP contribution in [0, 0.1) is 18.7 Å². The molecule has 2 aromatic heterocycles. The lowest BCUT2D eigenvalue weighted by Gasteiger charge is -2.35. The number of sulfonamides is 1. The molecule has 0 unspecified atom stereocenters. The first-order valence-electron chi connectivity index (χ1n) is 13.9. The van der Waals surface area contributed by atoms with Gasteiger partial charge in [-0.05, 0) is 78.8 Å². The van der Waals surface area contributed by atoms with Crippen LogP contribution in [0.1, 0.15) is 29.5 Å². The zero-order chi connectivity index (χ0) is 29.3. The van der Waals surface area contributed by atoms with Crippen molar-refractivity contribution >= 4 is 20.9 Å². The van der Waals surface area contributed by atoms with Crippen LogP contribution < -0.4 is 0 Å². The molecule has 7 rings (SSSR count). The van der Waals surface area contributed by atoms with Crippen LogP contribution in [0.15, 0.2) is 84.1 Å². The molecule has 1 saturated carbocycles. The van der Waals surface area contributed by atoms with E-state index in [2.05, 4.69) is 46.5 Å². The minimum Gasteiger partial charge on any atom is -0.373 e. The summed E-state index contributed by atoms with van der Waals surface area (Å²) in [5.41, 5.74) is 3.80. The highest BCUT2D eigenvalue weighted by Gasteiger charge is 2.62. The van der Waals surface area contributed by atoms with Crippen LogP contribution in [0.2, 0.25) is 0 Å².